The summed E-state index contributed by atoms with van der Waals surface area (Å²) in [6, 6.07) is 16.6. The van der Waals surface area contributed by atoms with Crippen molar-refractivity contribution in [3.8, 4) is 5.75 Å². The van der Waals surface area contributed by atoms with Gasteiger partial charge in [0.2, 0.25) is 5.91 Å². The Kier molecular flexibility index (Phi) is 4.91. The molecule has 1 aliphatic rings. The van der Waals surface area contributed by atoms with Gasteiger partial charge in [-0.25, -0.2) is 0 Å². The molecule has 1 heterocycles. The highest BCUT2D eigenvalue weighted by Crippen LogP contribution is 2.30. The summed E-state index contributed by atoms with van der Waals surface area (Å²) in [7, 11) is 0. The minimum absolute atomic E-state index is 0.0262. The Hall–Kier alpha value is -2.66. The fourth-order valence-corrected chi connectivity index (χ4v) is 2.71. The van der Waals surface area contributed by atoms with Gasteiger partial charge in [0, 0.05) is 18.1 Å². The third-order valence-electron chi connectivity index (χ3n) is 3.95. The number of hydrogen-bond donors (Lipinski definition) is 0. The van der Waals surface area contributed by atoms with Crippen molar-refractivity contribution in [2.75, 3.05) is 13.2 Å². The van der Waals surface area contributed by atoms with Crippen molar-refractivity contribution in [2.45, 2.75) is 19.3 Å². The average Bonchev–Trinajstić information content (AvgIpc) is 3.06. The van der Waals surface area contributed by atoms with E-state index in [0.29, 0.717) is 24.5 Å². The topological polar surface area (TPSA) is 55.8 Å². The molecule has 1 aliphatic heterocycles. The molecule has 0 bridgehead atoms. The molecule has 24 heavy (non-hydrogen) atoms. The molecule has 0 aliphatic carbocycles. The molecular weight excluding hydrogens is 306 g/mol. The van der Waals surface area contributed by atoms with Crippen molar-refractivity contribution in [1.29, 1.82) is 0 Å². The highest BCUT2D eigenvalue weighted by atomic mass is 16.6. The number of hydrogen-bond acceptors (Lipinski definition) is 4. The van der Waals surface area contributed by atoms with Crippen molar-refractivity contribution in [2.24, 2.45) is 0 Å². The summed E-state index contributed by atoms with van der Waals surface area (Å²) in [5.41, 5.74) is 1.55. The van der Waals surface area contributed by atoms with Gasteiger partial charge < -0.3 is 14.4 Å². The van der Waals surface area contributed by atoms with Crippen molar-refractivity contribution in [3.63, 3.8) is 0 Å². The van der Waals surface area contributed by atoms with E-state index in [1.807, 2.05) is 30.3 Å². The largest absolute Gasteiger partial charge is 0.491 e. The Morgan fingerprint density at radius 3 is 2.54 bits per heavy atom. The number of carbonyl (C=O) groups is 2. The van der Waals surface area contributed by atoms with Crippen LogP contribution in [-0.2, 0) is 9.53 Å². The van der Waals surface area contributed by atoms with Gasteiger partial charge in [-0.2, -0.15) is 0 Å². The first-order valence-electron chi connectivity index (χ1n) is 7.83. The summed E-state index contributed by atoms with van der Waals surface area (Å²) >= 11 is 0. The van der Waals surface area contributed by atoms with Crippen LogP contribution in [0.4, 0.5) is 0 Å². The summed E-state index contributed by atoms with van der Waals surface area (Å²) in [6.45, 7) is 2.37. The summed E-state index contributed by atoms with van der Waals surface area (Å²) in [4.78, 5) is 24.3. The zero-order chi connectivity index (χ0) is 16.9. The van der Waals surface area contributed by atoms with Gasteiger partial charge >= 0.3 is 0 Å². The van der Waals surface area contributed by atoms with Crippen molar-refractivity contribution in [1.82, 2.24) is 4.90 Å². The van der Waals surface area contributed by atoms with Gasteiger partial charge in [-0.3, -0.25) is 9.59 Å². The second kappa shape index (κ2) is 7.27. The molecule has 1 fully saturated rings. The number of amides is 1. The molecule has 0 saturated carbocycles. The van der Waals surface area contributed by atoms with Crippen LogP contribution in [-0.4, -0.2) is 36.3 Å². The maximum Gasteiger partial charge on any atom is 0.221 e. The van der Waals surface area contributed by atoms with Gasteiger partial charge in [-0.05, 0) is 24.3 Å². The second-order valence-electron chi connectivity index (χ2n) is 5.69. The predicted octanol–water partition coefficient (Wildman–Crippen LogP) is 2.82. The molecule has 5 heteroatoms. The molecule has 2 atom stereocenters. The van der Waals surface area contributed by atoms with Crippen molar-refractivity contribution in [3.05, 3.63) is 65.7 Å². The maximum atomic E-state index is 11.9. The third kappa shape index (κ3) is 3.63. The smallest absolute Gasteiger partial charge is 0.221 e. The van der Waals surface area contributed by atoms with Gasteiger partial charge in [0.25, 0.3) is 0 Å². The zero-order valence-electron chi connectivity index (χ0n) is 13.4. The maximum absolute atomic E-state index is 11.9. The van der Waals surface area contributed by atoms with Crippen LogP contribution in [0, 0.1) is 0 Å². The standard InChI is InChI=1S/C19H19NO4/c1-14(22)20-11-18(24-19(20)16-5-3-2-4-6-16)13-23-17-9-7-15(12-21)8-10-17/h2-10,12,18-19H,11,13H2,1H3. The fraction of sp³-hybridized carbons (Fsp3) is 0.263. The Bertz CT molecular complexity index is 699. The number of aldehydes is 1. The van der Waals surface area contributed by atoms with E-state index in [9.17, 15) is 9.59 Å². The minimum atomic E-state index is -0.380. The fourth-order valence-electron chi connectivity index (χ4n) is 2.71. The van der Waals surface area contributed by atoms with Gasteiger partial charge in [0.05, 0.1) is 6.54 Å². The molecule has 2 unspecified atom stereocenters. The van der Waals surface area contributed by atoms with Gasteiger partial charge in [0.15, 0.2) is 6.23 Å². The summed E-state index contributed by atoms with van der Waals surface area (Å²) in [6.07, 6.45) is 0.207. The predicted molar refractivity (Wildman–Crippen MR) is 88.8 cm³/mol. The summed E-state index contributed by atoms with van der Waals surface area (Å²) in [5, 5.41) is 0. The Morgan fingerprint density at radius 1 is 1.21 bits per heavy atom. The number of rotatable bonds is 5. The lowest BCUT2D eigenvalue weighted by Crippen LogP contribution is -2.30. The molecule has 0 aromatic heterocycles. The molecular formula is C19H19NO4. The normalized spacial score (nSPS) is 20.0. The summed E-state index contributed by atoms with van der Waals surface area (Å²) in [5.74, 6) is 0.642. The average molecular weight is 325 g/mol. The highest BCUT2D eigenvalue weighted by Gasteiger charge is 2.35. The Balaban J connectivity index is 1.64. The van der Waals surface area contributed by atoms with Gasteiger partial charge in [-0.15, -0.1) is 0 Å². The van der Waals surface area contributed by atoms with Crippen molar-refractivity contribution < 1.29 is 19.1 Å². The minimum Gasteiger partial charge on any atom is -0.491 e. The molecule has 2 aromatic rings. The molecule has 0 radical (unpaired) electrons. The van der Waals surface area contributed by atoms with Crippen molar-refractivity contribution >= 4 is 12.2 Å². The quantitative estimate of drug-likeness (QED) is 0.793. The molecule has 0 N–H and O–H groups in total. The van der Waals surface area contributed by atoms with Crippen LogP contribution in [0.1, 0.15) is 29.1 Å². The first-order chi connectivity index (χ1) is 11.7. The van der Waals surface area contributed by atoms with E-state index in [1.165, 1.54) is 0 Å². The third-order valence-corrected chi connectivity index (χ3v) is 3.95. The van der Waals surface area contributed by atoms with Gasteiger partial charge in [0.1, 0.15) is 24.7 Å². The van der Waals surface area contributed by atoms with E-state index >= 15 is 0 Å². The number of ether oxygens (including phenoxy) is 2. The summed E-state index contributed by atoms with van der Waals surface area (Å²) < 4.78 is 11.7. The lowest BCUT2D eigenvalue weighted by atomic mass is 10.2. The highest BCUT2D eigenvalue weighted by molar-refractivity contribution is 5.75. The second-order valence-corrected chi connectivity index (χ2v) is 5.69. The van der Waals surface area contributed by atoms with Crippen LogP contribution in [0.3, 0.4) is 0 Å². The Labute approximate surface area is 140 Å². The van der Waals surface area contributed by atoms with E-state index in [0.717, 1.165) is 11.8 Å². The van der Waals surface area contributed by atoms with Crippen LogP contribution in [0.5, 0.6) is 5.75 Å². The number of benzene rings is 2. The molecule has 3 rings (SSSR count). The molecule has 1 amide bonds. The molecule has 0 spiro atoms. The lowest BCUT2D eigenvalue weighted by molar-refractivity contribution is -0.134. The molecule has 124 valence electrons. The van der Waals surface area contributed by atoms with E-state index in [-0.39, 0.29) is 18.2 Å². The van der Waals surface area contributed by atoms with E-state index in [2.05, 4.69) is 0 Å². The molecule has 2 aromatic carbocycles. The van der Waals surface area contributed by atoms with Crippen LogP contribution in [0.25, 0.3) is 0 Å². The van der Waals surface area contributed by atoms with Crippen LogP contribution in [0.2, 0.25) is 0 Å². The Morgan fingerprint density at radius 2 is 1.92 bits per heavy atom. The van der Waals surface area contributed by atoms with Crippen LogP contribution < -0.4 is 4.74 Å². The van der Waals surface area contributed by atoms with E-state index in [4.69, 9.17) is 9.47 Å². The van der Waals surface area contributed by atoms with Crippen LogP contribution >= 0.6 is 0 Å². The first kappa shape index (κ1) is 16.2. The number of nitrogens with zero attached hydrogens (tertiary/aromatic N) is 1. The van der Waals surface area contributed by atoms with Crippen LogP contribution in [0.15, 0.2) is 54.6 Å². The molecule has 1 saturated heterocycles. The van der Waals surface area contributed by atoms with E-state index < -0.39 is 0 Å². The first-order valence-corrected chi connectivity index (χ1v) is 7.83. The SMILES string of the molecule is CC(=O)N1CC(COc2ccc(C=O)cc2)OC1c1ccccc1. The monoisotopic (exact) mass is 325 g/mol. The lowest BCUT2D eigenvalue weighted by Gasteiger charge is -2.21. The van der Waals surface area contributed by atoms with E-state index in [1.54, 1.807) is 36.1 Å². The number of carbonyl (C=O) groups excluding carboxylic acids is 2. The van der Waals surface area contributed by atoms with Gasteiger partial charge in [-0.1, -0.05) is 30.3 Å². The zero-order valence-corrected chi connectivity index (χ0v) is 13.4. The molecule has 5 nitrogen and oxygen atoms in total.